The largest absolute Gasteiger partial charge is 0.457 e. The van der Waals surface area contributed by atoms with Crippen LogP contribution in [0.3, 0.4) is 0 Å². The molecule has 0 amide bonds. The second-order valence-electron chi connectivity index (χ2n) is 10.7. The Balaban J connectivity index is 1.62. The Hall–Kier alpha value is -4.80. The van der Waals surface area contributed by atoms with Crippen LogP contribution in [0.25, 0.3) is 0 Å². The van der Waals surface area contributed by atoms with Crippen molar-refractivity contribution >= 4 is 50.1 Å². The van der Waals surface area contributed by atoms with Crippen molar-refractivity contribution in [1.82, 2.24) is 0 Å². The van der Waals surface area contributed by atoms with Crippen molar-refractivity contribution in [3.63, 3.8) is 0 Å². The van der Waals surface area contributed by atoms with E-state index in [0.29, 0.717) is 0 Å². The molecule has 0 aliphatic heterocycles. The van der Waals surface area contributed by atoms with Crippen LogP contribution in [0.5, 0.6) is 11.5 Å². The molecule has 0 saturated carbocycles. The average molecular weight is 626 g/mol. The van der Waals surface area contributed by atoms with E-state index < -0.39 is 0 Å². The third kappa shape index (κ3) is 6.35. The first-order valence-corrected chi connectivity index (χ1v) is 15.2. The van der Waals surface area contributed by atoms with E-state index in [0.717, 1.165) is 50.1 Å². The van der Waals surface area contributed by atoms with Gasteiger partial charge in [0, 0.05) is 33.7 Å². The SMILES string of the molecule is Cc1cc(C)c(N(c2cccc(Br)c2)c2cc(Oc3ccccc3)cc(N(c3ccccc3)c3ccccc3)c2)c(C)c1. The molecule has 6 aromatic carbocycles. The fourth-order valence-electron chi connectivity index (χ4n) is 5.66. The summed E-state index contributed by atoms with van der Waals surface area (Å²) >= 11 is 3.72. The van der Waals surface area contributed by atoms with E-state index in [1.54, 1.807) is 0 Å². The maximum Gasteiger partial charge on any atom is 0.131 e. The fraction of sp³-hybridized carbons (Fsp3) is 0.0769. The highest BCUT2D eigenvalue weighted by Crippen LogP contribution is 2.45. The van der Waals surface area contributed by atoms with Crippen molar-refractivity contribution in [3.05, 3.63) is 167 Å². The van der Waals surface area contributed by atoms with E-state index >= 15 is 0 Å². The van der Waals surface area contributed by atoms with Gasteiger partial charge in [0.05, 0.1) is 17.1 Å². The minimum atomic E-state index is 0.748. The van der Waals surface area contributed by atoms with Gasteiger partial charge in [-0.2, -0.15) is 0 Å². The minimum absolute atomic E-state index is 0.748. The summed E-state index contributed by atoms with van der Waals surface area (Å²) in [5.74, 6) is 1.53. The van der Waals surface area contributed by atoms with Gasteiger partial charge in [0.2, 0.25) is 0 Å². The normalized spacial score (nSPS) is 10.8. The van der Waals surface area contributed by atoms with Crippen LogP contribution in [0, 0.1) is 20.8 Å². The van der Waals surface area contributed by atoms with Gasteiger partial charge in [-0.15, -0.1) is 0 Å². The summed E-state index contributed by atoms with van der Waals surface area (Å²) in [4.78, 5) is 4.61. The van der Waals surface area contributed by atoms with Gasteiger partial charge < -0.3 is 14.5 Å². The van der Waals surface area contributed by atoms with Gasteiger partial charge in [-0.3, -0.25) is 0 Å². The zero-order chi connectivity index (χ0) is 29.8. The van der Waals surface area contributed by atoms with Crippen LogP contribution in [0.15, 0.2) is 150 Å². The van der Waals surface area contributed by atoms with Crippen LogP contribution in [-0.2, 0) is 0 Å². The monoisotopic (exact) mass is 624 g/mol. The number of aryl methyl sites for hydroxylation is 3. The summed E-state index contributed by atoms with van der Waals surface area (Å²) in [6, 6.07) is 50.3. The molecule has 6 rings (SSSR count). The molecule has 0 aliphatic rings. The molecule has 0 unspecified atom stereocenters. The number of benzene rings is 6. The number of halogens is 1. The van der Waals surface area contributed by atoms with Crippen molar-refractivity contribution in [3.8, 4) is 11.5 Å². The van der Waals surface area contributed by atoms with Crippen LogP contribution in [-0.4, -0.2) is 0 Å². The van der Waals surface area contributed by atoms with Gasteiger partial charge in [-0.25, -0.2) is 0 Å². The number of hydrogen-bond acceptors (Lipinski definition) is 3. The molecule has 0 radical (unpaired) electrons. The molecule has 43 heavy (non-hydrogen) atoms. The Bertz CT molecular complexity index is 1780. The topological polar surface area (TPSA) is 15.7 Å². The predicted octanol–water partition coefficient (Wildman–Crippen LogP) is 12.1. The van der Waals surface area contributed by atoms with Crippen molar-refractivity contribution in [1.29, 1.82) is 0 Å². The molecule has 0 atom stereocenters. The van der Waals surface area contributed by atoms with Crippen molar-refractivity contribution in [2.24, 2.45) is 0 Å². The van der Waals surface area contributed by atoms with Crippen LogP contribution in [0.1, 0.15) is 16.7 Å². The van der Waals surface area contributed by atoms with E-state index in [1.807, 2.05) is 42.5 Å². The molecule has 0 heterocycles. The van der Waals surface area contributed by atoms with Crippen molar-refractivity contribution in [2.75, 3.05) is 9.80 Å². The van der Waals surface area contributed by atoms with Crippen LogP contribution in [0.4, 0.5) is 34.1 Å². The number of rotatable bonds is 8. The highest BCUT2D eigenvalue weighted by atomic mass is 79.9. The van der Waals surface area contributed by atoms with E-state index in [-0.39, 0.29) is 0 Å². The third-order valence-electron chi connectivity index (χ3n) is 7.33. The predicted molar refractivity (Wildman–Crippen MR) is 184 cm³/mol. The highest BCUT2D eigenvalue weighted by molar-refractivity contribution is 9.10. The molecular formula is C39H33BrN2O. The third-order valence-corrected chi connectivity index (χ3v) is 7.82. The first-order valence-electron chi connectivity index (χ1n) is 14.4. The van der Waals surface area contributed by atoms with E-state index in [4.69, 9.17) is 4.74 Å². The molecule has 0 saturated heterocycles. The summed E-state index contributed by atoms with van der Waals surface area (Å²) in [6.07, 6.45) is 0. The highest BCUT2D eigenvalue weighted by Gasteiger charge is 2.22. The minimum Gasteiger partial charge on any atom is -0.457 e. The number of hydrogen-bond donors (Lipinski definition) is 0. The first kappa shape index (κ1) is 28.3. The lowest BCUT2D eigenvalue weighted by Gasteiger charge is -2.32. The van der Waals surface area contributed by atoms with Gasteiger partial charge in [0.25, 0.3) is 0 Å². The van der Waals surface area contributed by atoms with E-state index in [1.165, 1.54) is 16.7 Å². The Kier molecular flexibility index (Phi) is 8.30. The zero-order valence-corrected chi connectivity index (χ0v) is 26.1. The quantitative estimate of drug-likeness (QED) is 0.167. The Morgan fingerprint density at radius 1 is 0.442 bits per heavy atom. The number of para-hydroxylation sites is 3. The van der Waals surface area contributed by atoms with Crippen molar-refractivity contribution in [2.45, 2.75) is 20.8 Å². The average Bonchev–Trinajstić information content (AvgIpc) is 3.00. The van der Waals surface area contributed by atoms with Crippen LogP contribution >= 0.6 is 15.9 Å². The van der Waals surface area contributed by atoms with E-state index in [9.17, 15) is 0 Å². The first-order chi connectivity index (χ1) is 21.0. The maximum atomic E-state index is 6.54. The molecule has 3 nitrogen and oxygen atoms in total. The Morgan fingerprint density at radius 3 is 1.51 bits per heavy atom. The lowest BCUT2D eigenvalue weighted by molar-refractivity contribution is 0.483. The Labute approximate surface area is 262 Å². The summed E-state index contributed by atoms with van der Waals surface area (Å²) in [5.41, 5.74) is 9.97. The molecule has 6 aromatic rings. The lowest BCUT2D eigenvalue weighted by atomic mass is 10.0. The van der Waals surface area contributed by atoms with E-state index in [2.05, 4.69) is 150 Å². The zero-order valence-electron chi connectivity index (χ0n) is 24.5. The second-order valence-corrected chi connectivity index (χ2v) is 11.6. The summed E-state index contributed by atoms with van der Waals surface area (Å²) in [7, 11) is 0. The summed E-state index contributed by atoms with van der Waals surface area (Å²) in [5, 5.41) is 0. The molecule has 0 bridgehead atoms. The van der Waals surface area contributed by atoms with Gasteiger partial charge in [-0.05, 0) is 92.6 Å². The smallest absolute Gasteiger partial charge is 0.131 e. The van der Waals surface area contributed by atoms with Gasteiger partial charge in [-0.1, -0.05) is 94.3 Å². The Morgan fingerprint density at radius 2 is 0.953 bits per heavy atom. The van der Waals surface area contributed by atoms with Crippen LogP contribution < -0.4 is 14.5 Å². The number of nitrogens with zero attached hydrogens (tertiary/aromatic N) is 2. The molecule has 0 spiro atoms. The van der Waals surface area contributed by atoms with Gasteiger partial charge in [0.1, 0.15) is 11.5 Å². The molecule has 0 N–H and O–H groups in total. The summed E-state index contributed by atoms with van der Waals surface area (Å²) in [6.45, 7) is 6.52. The molecular weight excluding hydrogens is 592 g/mol. The van der Waals surface area contributed by atoms with Crippen molar-refractivity contribution < 1.29 is 4.74 Å². The van der Waals surface area contributed by atoms with Gasteiger partial charge in [0.15, 0.2) is 0 Å². The van der Waals surface area contributed by atoms with Gasteiger partial charge >= 0.3 is 0 Å². The number of ether oxygens (including phenoxy) is 1. The lowest BCUT2D eigenvalue weighted by Crippen LogP contribution is -2.15. The summed E-state index contributed by atoms with van der Waals surface area (Å²) < 4.78 is 7.56. The molecule has 4 heteroatoms. The van der Waals surface area contributed by atoms with Crippen LogP contribution in [0.2, 0.25) is 0 Å². The standard InChI is InChI=1S/C39H33BrN2O/c1-28-22-29(2)39(30(3)23-28)42(34-19-13-14-31(40)24-34)36-25-35(26-38(27-36)43-37-20-11-6-12-21-37)41(32-15-7-4-8-16-32)33-17-9-5-10-18-33/h4-27H,1-3H3. The molecule has 0 fully saturated rings. The molecule has 0 aliphatic carbocycles. The molecule has 212 valence electrons. The number of anilines is 6. The second kappa shape index (κ2) is 12.6. The maximum absolute atomic E-state index is 6.54. The fourth-order valence-corrected chi connectivity index (χ4v) is 6.05. The molecule has 0 aromatic heterocycles.